The minimum Gasteiger partial charge on any atom is -0.507 e. The first-order valence-electron chi connectivity index (χ1n) is 11.0. The highest BCUT2D eigenvalue weighted by Crippen LogP contribution is 2.34. The number of nitrogens with zero attached hydrogens (tertiary/aromatic N) is 5. The van der Waals surface area contributed by atoms with Crippen LogP contribution in [0, 0.1) is 0 Å². The molecule has 2 saturated heterocycles. The quantitative estimate of drug-likeness (QED) is 0.619. The number of hydrogen-bond acceptors (Lipinski definition) is 6. The Balaban J connectivity index is 1.32. The van der Waals surface area contributed by atoms with E-state index in [9.17, 15) is 13.9 Å². The number of hydrogen-bond donors (Lipinski definition) is 2. The number of anilines is 1. The third-order valence-corrected chi connectivity index (χ3v) is 6.66. The molecule has 3 atom stereocenters. The summed E-state index contributed by atoms with van der Waals surface area (Å²) in [5.74, 6) is 0.822. The van der Waals surface area contributed by atoms with Gasteiger partial charge in [-0.3, -0.25) is 0 Å². The number of phenols is 1. The van der Waals surface area contributed by atoms with Crippen LogP contribution in [0.3, 0.4) is 0 Å². The molecule has 7 nitrogen and oxygen atoms in total. The second kappa shape index (κ2) is 8.46. The lowest BCUT2D eigenvalue weighted by atomic mass is 9.83. The number of benzene rings is 1. The van der Waals surface area contributed by atoms with Gasteiger partial charge in [0.05, 0.1) is 11.9 Å². The number of aromatic nitrogens is 4. The molecule has 4 heterocycles. The van der Waals surface area contributed by atoms with Gasteiger partial charge >= 0.3 is 6.55 Å². The Morgan fingerprint density at radius 1 is 1.09 bits per heavy atom. The second-order valence-electron chi connectivity index (χ2n) is 8.72. The first-order valence-corrected chi connectivity index (χ1v) is 11.0. The van der Waals surface area contributed by atoms with Gasteiger partial charge in [-0.2, -0.15) is 13.9 Å². The summed E-state index contributed by atoms with van der Waals surface area (Å²) in [4.78, 5) is 2.21. The lowest BCUT2D eigenvalue weighted by Crippen LogP contribution is -2.54. The van der Waals surface area contributed by atoms with Gasteiger partial charge in [0.25, 0.3) is 0 Å². The molecule has 3 aromatic rings. The average Bonchev–Trinajstić information content (AvgIpc) is 3.29. The number of aromatic hydroxyl groups is 1. The van der Waals surface area contributed by atoms with E-state index in [4.69, 9.17) is 0 Å². The average molecular weight is 440 g/mol. The monoisotopic (exact) mass is 440 g/mol. The summed E-state index contributed by atoms with van der Waals surface area (Å²) in [6.07, 6.45) is 8.61. The summed E-state index contributed by atoms with van der Waals surface area (Å²) in [7, 11) is 2.07. The van der Waals surface area contributed by atoms with Gasteiger partial charge in [0.2, 0.25) is 0 Å². The molecule has 0 amide bonds. The van der Waals surface area contributed by atoms with E-state index in [1.54, 1.807) is 12.1 Å². The Morgan fingerprint density at radius 2 is 1.88 bits per heavy atom. The van der Waals surface area contributed by atoms with Gasteiger partial charge < -0.3 is 15.3 Å². The maximum absolute atomic E-state index is 12.8. The number of nitrogens with one attached hydrogen (secondary N) is 1. The molecule has 1 aromatic carbocycles. The maximum Gasteiger partial charge on any atom is 0.333 e. The van der Waals surface area contributed by atoms with Gasteiger partial charge in [-0.1, -0.05) is 12.5 Å². The molecule has 0 aliphatic carbocycles. The van der Waals surface area contributed by atoms with E-state index >= 15 is 0 Å². The number of rotatable bonds is 5. The molecule has 2 aliphatic heterocycles. The van der Waals surface area contributed by atoms with Gasteiger partial charge in [-0.25, -0.2) is 4.68 Å². The lowest BCUT2D eigenvalue weighted by Gasteiger charge is -2.43. The predicted octanol–water partition coefficient (Wildman–Crippen LogP) is 4.22. The van der Waals surface area contributed by atoms with Crippen LogP contribution in [0.15, 0.2) is 42.7 Å². The Labute approximate surface area is 185 Å². The topological polar surface area (TPSA) is 79.1 Å². The summed E-state index contributed by atoms with van der Waals surface area (Å²) in [6, 6.07) is 10.4. The van der Waals surface area contributed by atoms with Crippen LogP contribution >= 0.6 is 0 Å². The highest BCUT2D eigenvalue weighted by molar-refractivity contribution is 5.74. The van der Waals surface area contributed by atoms with Gasteiger partial charge in [0.15, 0.2) is 5.82 Å². The predicted molar refractivity (Wildman–Crippen MR) is 118 cm³/mol. The van der Waals surface area contributed by atoms with Crippen LogP contribution in [-0.2, 0) is 0 Å². The van der Waals surface area contributed by atoms with Crippen molar-refractivity contribution in [2.75, 3.05) is 11.9 Å². The second-order valence-corrected chi connectivity index (χ2v) is 8.72. The molecule has 32 heavy (non-hydrogen) atoms. The number of fused-ring (bicyclic) bond motifs is 2. The van der Waals surface area contributed by atoms with E-state index in [-0.39, 0.29) is 5.75 Å². The summed E-state index contributed by atoms with van der Waals surface area (Å²) in [5, 5.41) is 26.7. The van der Waals surface area contributed by atoms with Crippen LogP contribution in [0.1, 0.15) is 38.7 Å². The molecule has 0 unspecified atom stereocenters. The normalized spacial score (nSPS) is 22.8. The summed E-state index contributed by atoms with van der Waals surface area (Å²) in [6.45, 7) is -2.70. The van der Waals surface area contributed by atoms with Gasteiger partial charge in [-0.15, -0.1) is 10.2 Å². The van der Waals surface area contributed by atoms with Crippen molar-refractivity contribution in [1.82, 2.24) is 25.3 Å². The minimum atomic E-state index is -2.70. The molecule has 9 heteroatoms. The molecule has 0 radical (unpaired) electrons. The molecule has 2 N–H and O–H groups in total. The van der Waals surface area contributed by atoms with Crippen LogP contribution in [0.5, 0.6) is 5.75 Å². The first-order chi connectivity index (χ1) is 15.5. The van der Waals surface area contributed by atoms with Gasteiger partial charge in [-0.05, 0) is 55.5 Å². The Hall–Kier alpha value is -3.07. The van der Waals surface area contributed by atoms with Crippen molar-refractivity contribution in [3.63, 3.8) is 0 Å². The molecular weight excluding hydrogens is 414 g/mol. The molecule has 0 saturated carbocycles. The molecular formula is C23H26F2N6O. The van der Waals surface area contributed by atoms with Crippen LogP contribution in [-0.4, -0.2) is 50.3 Å². The van der Waals surface area contributed by atoms with Crippen molar-refractivity contribution in [2.24, 2.45) is 0 Å². The zero-order chi connectivity index (χ0) is 22.2. The standard InChI is InChI=1S/C23H26F2N6O/c1-30(18-10-16-3-2-4-17(11-18)27-16)22-8-7-20(28-29-22)19-6-5-14(9-21(19)32)15-12-26-31(13-15)23(24)25/h5-9,12-13,16-18,23,27,32H,2-4,10-11H2,1H3/t16-,17+,18-. The Bertz CT molecular complexity index is 1070. The van der Waals surface area contributed by atoms with Crippen LogP contribution in [0.25, 0.3) is 22.4 Å². The van der Waals surface area contributed by atoms with Crippen molar-refractivity contribution in [1.29, 1.82) is 0 Å². The van der Waals surface area contributed by atoms with Crippen LogP contribution in [0.4, 0.5) is 14.6 Å². The molecule has 0 spiro atoms. The van der Waals surface area contributed by atoms with E-state index in [0.717, 1.165) is 18.7 Å². The van der Waals surface area contributed by atoms with E-state index < -0.39 is 6.55 Å². The van der Waals surface area contributed by atoms with Gasteiger partial charge in [0, 0.05) is 42.5 Å². The molecule has 2 fully saturated rings. The molecule has 2 aliphatic rings. The summed E-state index contributed by atoms with van der Waals surface area (Å²) >= 11 is 0. The fraction of sp³-hybridized carbons (Fsp3) is 0.435. The smallest absolute Gasteiger partial charge is 0.333 e. The molecule has 168 valence electrons. The Kier molecular flexibility index (Phi) is 5.50. The highest BCUT2D eigenvalue weighted by Gasteiger charge is 2.33. The molecule has 2 bridgehead atoms. The summed E-state index contributed by atoms with van der Waals surface area (Å²) < 4.78 is 26.1. The van der Waals surface area contributed by atoms with Crippen molar-refractivity contribution in [3.8, 4) is 28.1 Å². The Morgan fingerprint density at radius 3 is 2.50 bits per heavy atom. The fourth-order valence-corrected chi connectivity index (χ4v) is 4.92. The number of halogens is 2. The van der Waals surface area contributed by atoms with Crippen LogP contribution < -0.4 is 10.2 Å². The lowest BCUT2D eigenvalue weighted by molar-refractivity contribution is 0.0566. The van der Waals surface area contributed by atoms with Crippen molar-refractivity contribution >= 4 is 5.82 Å². The number of phenolic OH excluding ortho intramolecular Hbond substituents is 1. The van der Waals surface area contributed by atoms with E-state index in [2.05, 4.69) is 32.6 Å². The van der Waals surface area contributed by atoms with Crippen molar-refractivity contribution < 1.29 is 13.9 Å². The van der Waals surface area contributed by atoms with Crippen molar-refractivity contribution in [3.05, 3.63) is 42.7 Å². The maximum atomic E-state index is 12.8. The zero-order valence-corrected chi connectivity index (χ0v) is 17.8. The third kappa shape index (κ3) is 4.04. The highest BCUT2D eigenvalue weighted by atomic mass is 19.3. The van der Waals surface area contributed by atoms with E-state index in [1.165, 1.54) is 37.7 Å². The van der Waals surface area contributed by atoms with Gasteiger partial charge in [0.1, 0.15) is 5.75 Å². The SMILES string of the molecule is CN(c1ccc(-c2ccc(-c3cnn(C(F)F)c3)cc2O)nn1)[C@@H]1C[C@H]2CCC[C@@H](C1)N2. The molecule has 5 rings (SSSR count). The largest absolute Gasteiger partial charge is 0.507 e. The molecule has 2 aromatic heterocycles. The number of alkyl halides is 2. The zero-order valence-electron chi connectivity index (χ0n) is 17.8. The fourth-order valence-electron chi connectivity index (χ4n) is 4.92. The third-order valence-electron chi connectivity index (χ3n) is 6.66. The minimum absolute atomic E-state index is 0.00822. The number of piperidine rings is 2. The first kappa shape index (κ1) is 20.8. The van der Waals surface area contributed by atoms with E-state index in [1.807, 2.05) is 12.1 Å². The summed E-state index contributed by atoms with van der Waals surface area (Å²) in [5.41, 5.74) is 2.19. The van der Waals surface area contributed by atoms with E-state index in [0.29, 0.717) is 45.2 Å². The van der Waals surface area contributed by atoms with Crippen LogP contribution in [0.2, 0.25) is 0 Å². The van der Waals surface area contributed by atoms with Crippen molar-refractivity contribution in [2.45, 2.75) is 56.8 Å².